The predicted octanol–water partition coefficient (Wildman–Crippen LogP) is 5.69. The van der Waals surface area contributed by atoms with E-state index in [1.807, 2.05) is 48.5 Å². The van der Waals surface area contributed by atoms with Crippen molar-refractivity contribution in [2.75, 3.05) is 19.8 Å². The number of alkyl halides is 3. The van der Waals surface area contributed by atoms with Crippen LogP contribution in [0.2, 0.25) is 0 Å². The molecule has 0 spiro atoms. The number of alkyl carbamates (subject to hydrolysis) is 1. The highest BCUT2D eigenvalue weighted by Crippen LogP contribution is 2.44. The van der Waals surface area contributed by atoms with Crippen molar-refractivity contribution in [3.05, 3.63) is 108 Å². The minimum absolute atomic E-state index is 0.106. The van der Waals surface area contributed by atoms with Gasteiger partial charge in [0.15, 0.2) is 24.5 Å². The van der Waals surface area contributed by atoms with Crippen molar-refractivity contribution in [2.45, 2.75) is 82.6 Å². The maximum absolute atomic E-state index is 14.0. The Kier molecular flexibility index (Phi) is 14.6. The Morgan fingerprint density at radius 2 is 1.41 bits per heavy atom. The number of benzene rings is 3. The number of rotatable bonds is 15. The molecule has 314 valence electrons. The fourth-order valence-electron chi connectivity index (χ4n) is 6.85. The van der Waals surface area contributed by atoms with E-state index in [1.165, 1.54) is 25.1 Å². The van der Waals surface area contributed by atoms with Crippen LogP contribution in [0.3, 0.4) is 0 Å². The molecule has 17 heteroatoms. The smallest absolute Gasteiger partial charge is 0.417 e. The van der Waals surface area contributed by atoms with Gasteiger partial charge in [-0.15, -0.1) is 0 Å². The summed E-state index contributed by atoms with van der Waals surface area (Å²) in [4.78, 5) is 67.9. The molecule has 0 saturated carbocycles. The van der Waals surface area contributed by atoms with E-state index in [9.17, 15) is 37.1 Å². The lowest BCUT2D eigenvalue weighted by molar-refractivity contribution is -0.283. The summed E-state index contributed by atoms with van der Waals surface area (Å²) in [6.07, 6.45) is -11.3. The Bertz CT molecular complexity index is 2010. The third-order valence-corrected chi connectivity index (χ3v) is 9.35. The summed E-state index contributed by atoms with van der Waals surface area (Å²) < 4.78 is 81.3. The zero-order chi connectivity index (χ0) is 42.9. The summed E-state index contributed by atoms with van der Waals surface area (Å²) in [7, 11) is 0. The quantitative estimate of drug-likeness (QED) is 0.0861. The fraction of sp³-hybridized carbons (Fsp3) is 0.381. The Balaban J connectivity index is 1.46. The summed E-state index contributed by atoms with van der Waals surface area (Å²) in [6.45, 7) is 7.13. The van der Waals surface area contributed by atoms with Gasteiger partial charge in [-0.25, -0.2) is 9.59 Å². The molecular weight excluding hydrogens is 781 g/mol. The fourth-order valence-corrected chi connectivity index (χ4v) is 6.85. The lowest BCUT2D eigenvalue weighted by Crippen LogP contribution is -2.62. The molecule has 1 aliphatic heterocycles. The number of hydrogen-bond donors (Lipinski definition) is 1. The first-order chi connectivity index (χ1) is 28.1. The maximum Gasteiger partial charge on any atom is 0.417 e. The van der Waals surface area contributed by atoms with Crippen molar-refractivity contribution in [1.82, 2.24) is 5.32 Å². The van der Waals surface area contributed by atoms with E-state index in [0.29, 0.717) is 0 Å². The van der Waals surface area contributed by atoms with E-state index in [-0.39, 0.29) is 24.7 Å². The standard InChI is InChI=1S/C42H43F3N2O12/c1-6-19-53-39(51)35(47-41(52)55-21-32-30-16-10-8-14-28(30)29-15-9-11-17-31(29)32)23(2)56-40-36(46-20-27-13-7-12-18-33(27)42(43,44)45)38(58-26(5)50)37(57-25(4)49)34(59-40)22-54-24(3)48/h6-18,20,23,32,34-38,40H,1,19,21-22H2,2-5H3,(H,47,52)/t23-,34-,35+,36-,37+,38-,40+/m1/s1. The van der Waals surface area contributed by atoms with Crippen LogP contribution in [0.15, 0.2) is 90.4 Å². The number of nitrogens with one attached hydrogen (secondary N) is 1. The Labute approximate surface area is 337 Å². The van der Waals surface area contributed by atoms with E-state index in [4.69, 9.17) is 33.2 Å². The molecule has 7 atom stereocenters. The highest BCUT2D eigenvalue weighted by molar-refractivity contribution is 5.83. The van der Waals surface area contributed by atoms with Crippen molar-refractivity contribution >= 4 is 36.2 Å². The average molecular weight is 825 g/mol. The molecule has 1 aliphatic carbocycles. The van der Waals surface area contributed by atoms with Crippen LogP contribution in [0.5, 0.6) is 0 Å². The molecule has 1 saturated heterocycles. The number of hydrogen-bond acceptors (Lipinski definition) is 13. The van der Waals surface area contributed by atoms with E-state index < -0.39 is 91.1 Å². The maximum atomic E-state index is 14.0. The van der Waals surface area contributed by atoms with E-state index in [1.54, 1.807) is 0 Å². The number of fused-ring (bicyclic) bond motifs is 3. The van der Waals surface area contributed by atoms with E-state index in [0.717, 1.165) is 61.4 Å². The van der Waals surface area contributed by atoms with Crippen LogP contribution in [0, 0.1) is 0 Å². The van der Waals surface area contributed by atoms with E-state index >= 15 is 0 Å². The van der Waals surface area contributed by atoms with Gasteiger partial charge in [-0.3, -0.25) is 19.4 Å². The lowest BCUT2D eigenvalue weighted by atomic mass is 9.96. The van der Waals surface area contributed by atoms with Crippen molar-refractivity contribution in [3.8, 4) is 11.1 Å². The van der Waals surface area contributed by atoms with Gasteiger partial charge in [-0.1, -0.05) is 79.4 Å². The number of carbonyl (C=O) groups is 5. The molecule has 1 N–H and O–H groups in total. The number of aliphatic imine (C=N–C) groups is 1. The summed E-state index contributed by atoms with van der Waals surface area (Å²) in [5.74, 6) is -3.86. The first-order valence-corrected chi connectivity index (χ1v) is 18.5. The number of esters is 4. The second kappa shape index (κ2) is 19.6. The second-order valence-electron chi connectivity index (χ2n) is 13.6. The van der Waals surface area contributed by atoms with Crippen LogP contribution in [-0.4, -0.2) is 98.8 Å². The van der Waals surface area contributed by atoms with Crippen LogP contribution in [-0.2, 0) is 58.5 Å². The van der Waals surface area contributed by atoms with Crippen LogP contribution >= 0.6 is 0 Å². The van der Waals surface area contributed by atoms with Crippen molar-refractivity contribution in [1.29, 1.82) is 0 Å². The summed E-state index contributed by atoms with van der Waals surface area (Å²) >= 11 is 0. The molecular formula is C42H43F3N2O12. The Hall–Kier alpha value is -6.07. The van der Waals surface area contributed by atoms with Gasteiger partial charge in [0.2, 0.25) is 0 Å². The molecule has 2 aliphatic rings. The Morgan fingerprint density at radius 3 is 2.00 bits per heavy atom. The average Bonchev–Trinajstić information content (AvgIpc) is 3.50. The van der Waals surface area contributed by atoms with Crippen molar-refractivity contribution < 1.29 is 70.3 Å². The first-order valence-electron chi connectivity index (χ1n) is 18.5. The topological polar surface area (TPSA) is 174 Å². The van der Waals surface area contributed by atoms with Crippen LogP contribution in [0.4, 0.5) is 18.0 Å². The van der Waals surface area contributed by atoms with Gasteiger partial charge in [0.05, 0.1) is 11.7 Å². The van der Waals surface area contributed by atoms with Crippen molar-refractivity contribution in [2.24, 2.45) is 4.99 Å². The molecule has 0 unspecified atom stereocenters. The first kappa shape index (κ1) is 44.0. The van der Waals surface area contributed by atoms with Crippen molar-refractivity contribution in [3.63, 3.8) is 0 Å². The molecule has 3 aromatic rings. The normalized spacial score (nSPS) is 21.0. The zero-order valence-corrected chi connectivity index (χ0v) is 32.5. The van der Waals surface area contributed by atoms with Gasteiger partial charge in [-0.2, -0.15) is 13.2 Å². The van der Waals surface area contributed by atoms with Gasteiger partial charge >= 0.3 is 36.1 Å². The molecule has 3 aromatic carbocycles. The molecule has 0 radical (unpaired) electrons. The van der Waals surface area contributed by atoms with Crippen LogP contribution in [0.1, 0.15) is 55.9 Å². The van der Waals surface area contributed by atoms with Crippen LogP contribution < -0.4 is 5.32 Å². The number of amides is 1. The molecule has 1 fully saturated rings. The van der Waals surface area contributed by atoms with Gasteiger partial charge in [0.25, 0.3) is 0 Å². The third-order valence-electron chi connectivity index (χ3n) is 9.35. The lowest BCUT2D eigenvalue weighted by Gasteiger charge is -2.44. The summed E-state index contributed by atoms with van der Waals surface area (Å²) in [6, 6.07) is 16.7. The Morgan fingerprint density at radius 1 is 0.814 bits per heavy atom. The summed E-state index contributed by atoms with van der Waals surface area (Å²) in [5.41, 5.74) is 2.44. The van der Waals surface area contributed by atoms with Gasteiger partial charge in [-0.05, 0) is 35.2 Å². The van der Waals surface area contributed by atoms with Gasteiger partial charge in [0.1, 0.15) is 32.0 Å². The van der Waals surface area contributed by atoms with Gasteiger partial charge in [0, 0.05) is 38.5 Å². The molecule has 0 bridgehead atoms. The number of nitrogens with zero attached hydrogens (tertiary/aromatic N) is 1. The molecule has 1 amide bonds. The zero-order valence-electron chi connectivity index (χ0n) is 32.5. The minimum atomic E-state index is -4.79. The molecule has 14 nitrogen and oxygen atoms in total. The third kappa shape index (κ3) is 11.1. The van der Waals surface area contributed by atoms with Gasteiger partial charge < -0.3 is 38.5 Å². The number of ether oxygens (including phenoxy) is 7. The largest absolute Gasteiger partial charge is 0.463 e. The molecule has 5 rings (SSSR count). The highest BCUT2D eigenvalue weighted by Gasteiger charge is 2.52. The molecule has 59 heavy (non-hydrogen) atoms. The second-order valence-corrected chi connectivity index (χ2v) is 13.6. The minimum Gasteiger partial charge on any atom is -0.463 e. The van der Waals surface area contributed by atoms with E-state index in [2.05, 4.69) is 16.9 Å². The highest BCUT2D eigenvalue weighted by atomic mass is 19.4. The monoisotopic (exact) mass is 824 g/mol. The number of carbonyl (C=O) groups excluding carboxylic acids is 5. The predicted molar refractivity (Wildman–Crippen MR) is 203 cm³/mol. The molecule has 0 aromatic heterocycles. The van der Waals surface area contributed by atoms with Crippen LogP contribution in [0.25, 0.3) is 11.1 Å². The molecule has 1 heterocycles. The summed E-state index contributed by atoms with van der Waals surface area (Å²) in [5, 5.41) is 2.48. The SMILES string of the molecule is C=CCOC(=O)[C@@H](NC(=O)OCC1c2ccccc2-c2ccccc21)[C@@H](C)O[C@H]1O[C@H](COC(C)=O)[C@H](OC(C)=O)[C@H](OC(C)=O)[C@H]1N=Cc1ccccc1C(F)(F)F. The number of halogens is 3.